The van der Waals surface area contributed by atoms with Gasteiger partial charge in [0.05, 0.1) is 5.92 Å². The lowest BCUT2D eigenvalue weighted by Crippen LogP contribution is -2.10. The summed E-state index contributed by atoms with van der Waals surface area (Å²) in [4.78, 5) is 10.8. The zero-order valence-corrected chi connectivity index (χ0v) is 8.58. The van der Waals surface area contributed by atoms with E-state index in [1.165, 1.54) is 0 Å². The standard InChI is InChI=1S/C11H11ClO2/c1-11(6-9(11)10(13)14)7-3-2-4-8(12)5-7/h2-5,9H,6H2,1H3,(H,13,14). The Bertz CT molecular complexity index is 389. The van der Waals surface area contributed by atoms with Crippen molar-refractivity contribution in [1.29, 1.82) is 0 Å². The molecule has 0 aliphatic heterocycles. The van der Waals surface area contributed by atoms with E-state index in [0.717, 1.165) is 5.56 Å². The molecule has 2 rings (SSSR count). The summed E-state index contributed by atoms with van der Waals surface area (Å²) in [5.41, 5.74) is 0.814. The van der Waals surface area contributed by atoms with Crippen molar-refractivity contribution in [2.45, 2.75) is 18.8 Å². The lowest BCUT2D eigenvalue weighted by atomic mass is 9.96. The Morgan fingerprint density at radius 2 is 2.36 bits per heavy atom. The fourth-order valence-electron chi connectivity index (χ4n) is 1.89. The molecule has 1 aliphatic carbocycles. The van der Waals surface area contributed by atoms with Crippen LogP contribution in [0.4, 0.5) is 0 Å². The molecule has 2 unspecified atom stereocenters. The molecule has 0 radical (unpaired) electrons. The Labute approximate surface area is 87.5 Å². The van der Waals surface area contributed by atoms with Crippen molar-refractivity contribution in [1.82, 2.24) is 0 Å². The minimum atomic E-state index is -0.715. The number of hydrogen-bond donors (Lipinski definition) is 1. The Balaban J connectivity index is 2.30. The van der Waals surface area contributed by atoms with E-state index in [4.69, 9.17) is 16.7 Å². The summed E-state index contributed by atoms with van der Waals surface area (Å²) >= 11 is 5.86. The highest BCUT2D eigenvalue weighted by molar-refractivity contribution is 6.30. The fourth-order valence-corrected chi connectivity index (χ4v) is 2.08. The summed E-state index contributed by atoms with van der Waals surface area (Å²) < 4.78 is 0. The monoisotopic (exact) mass is 210 g/mol. The van der Waals surface area contributed by atoms with Gasteiger partial charge >= 0.3 is 5.97 Å². The molecule has 1 aromatic rings. The third-order valence-corrected chi connectivity index (χ3v) is 3.25. The first kappa shape index (κ1) is 9.53. The molecule has 2 nitrogen and oxygen atoms in total. The molecular formula is C11H11ClO2. The van der Waals surface area contributed by atoms with Gasteiger partial charge in [0.15, 0.2) is 0 Å². The van der Waals surface area contributed by atoms with E-state index >= 15 is 0 Å². The molecular weight excluding hydrogens is 200 g/mol. The minimum Gasteiger partial charge on any atom is -0.481 e. The Morgan fingerprint density at radius 1 is 1.64 bits per heavy atom. The van der Waals surface area contributed by atoms with Crippen LogP contribution in [0.1, 0.15) is 18.9 Å². The predicted molar refractivity (Wildman–Crippen MR) is 54.5 cm³/mol. The molecule has 1 N–H and O–H groups in total. The summed E-state index contributed by atoms with van der Waals surface area (Å²) in [5.74, 6) is -0.964. The second kappa shape index (κ2) is 2.99. The number of benzene rings is 1. The van der Waals surface area contributed by atoms with Crippen molar-refractivity contribution in [3.63, 3.8) is 0 Å². The molecule has 2 atom stereocenters. The number of carboxylic acid groups (broad SMARTS) is 1. The highest BCUT2D eigenvalue weighted by atomic mass is 35.5. The first-order valence-corrected chi connectivity index (χ1v) is 4.91. The van der Waals surface area contributed by atoms with Crippen LogP contribution in [0, 0.1) is 5.92 Å². The van der Waals surface area contributed by atoms with Gasteiger partial charge in [0.1, 0.15) is 0 Å². The van der Waals surface area contributed by atoms with Crippen LogP contribution >= 0.6 is 11.6 Å². The predicted octanol–water partition coefficient (Wildman–Crippen LogP) is 2.70. The molecule has 14 heavy (non-hydrogen) atoms. The molecule has 1 aromatic carbocycles. The maximum absolute atomic E-state index is 10.8. The number of rotatable bonds is 2. The van der Waals surface area contributed by atoms with Crippen molar-refractivity contribution >= 4 is 17.6 Å². The van der Waals surface area contributed by atoms with Gasteiger partial charge < -0.3 is 5.11 Å². The molecule has 1 aliphatic rings. The summed E-state index contributed by atoms with van der Waals surface area (Å²) in [5, 5.41) is 9.55. The summed E-state index contributed by atoms with van der Waals surface area (Å²) in [6, 6.07) is 7.45. The average Bonchev–Trinajstić information content (AvgIpc) is 2.80. The van der Waals surface area contributed by atoms with Crippen LogP contribution in [0.5, 0.6) is 0 Å². The van der Waals surface area contributed by atoms with E-state index < -0.39 is 5.97 Å². The fraction of sp³-hybridized carbons (Fsp3) is 0.364. The molecule has 0 spiro atoms. The number of hydrogen-bond acceptors (Lipinski definition) is 1. The maximum Gasteiger partial charge on any atom is 0.307 e. The Morgan fingerprint density at radius 3 is 2.86 bits per heavy atom. The van der Waals surface area contributed by atoms with E-state index in [9.17, 15) is 4.79 Å². The first-order chi connectivity index (χ1) is 6.54. The SMILES string of the molecule is CC1(c2cccc(Cl)c2)CC1C(=O)O. The van der Waals surface area contributed by atoms with Gasteiger partial charge in [-0.05, 0) is 24.1 Å². The van der Waals surface area contributed by atoms with Gasteiger partial charge in [-0.2, -0.15) is 0 Å². The second-order valence-electron chi connectivity index (χ2n) is 4.02. The molecule has 0 amide bonds. The van der Waals surface area contributed by atoms with E-state index in [1.807, 2.05) is 25.1 Å². The molecule has 1 fully saturated rings. The molecule has 0 aromatic heterocycles. The zero-order valence-electron chi connectivity index (χ0n) is 7.83. The van der Waals surface area contributed by atoms with Crippen molar-refractivity contribution < 1.29 is 9.90 Å². The topological polar surface area (TPSA) is 37.3 Å². The number of aliphatic carboxylic acids is 1. The molecule has 0 bridgehead atoms. The van der Waals surface area contributed by atoms with Gasteiger partial charge in [0.25, 0.3) is 0 Å². The largest absolute Gasteiger partial charge is 0.481 e. The summed E-state index contributed by atoms with van der Waals surface area (Å²) in [7, 11) is 0. The molecule has 74 valence electrons. The van der Waals surface area contributed by atoms with Crippen molar-refractivity contribution in [3.05, 3.63) is 34.9 Å². The lowest BCUT2D eigenvalue weighted by molar-refractivity contribution is -0.138. The number of carbonyl (C=O) groups is 1. The third-order valence-electron chi connectivity index (χ3n) is 3.02. The first-order valence-electron chi connectivity index (χ1n) is 4.53. The highest BCUT2D eigenvalue weighted by Gasteiger charge is 2.55. The molecule has 3 heteroatoms. The minimum absolute atomic E-state index is 0.212. The van der Waals surface area contributed by atoms with Crippen LogP contribution in [0.25, 0.3) is 0 Å². The van der Waals surface area contributed by atoms with Gasteiger partial charge in [-0.15, -0.1) is 0 Å². The second-order valence-corrected chi connectivity index (χ2v) is 4.46. The maximum atomic E-state index is 10.8. The Kier molecular flexibility index (Phi) is 2.04. The van der Waals surface area contributed by atoms with Gasteiger partial charge in [-0.1, -0.05) is 30.7 Å². The normalized spacial score (nSPS) is 30.0. The van der Waals surface area contributed by atoms with E-state index in [-0.39, 0.29) is 11.3 Å². The molecule has 0 saturated heterocycles. The number of halogens is 1. The van der Waals surface area contributed by atoms with Crippen LogP contribution < -0.4 is 0 Å². The highest BCUT2D eigenvalue weighted by Crippen LogP contribution is 2.54. The quantitative estimate of drug-likeness (QED) is 0.815. The van der Waals surface area contributed by atoms with Gasteiger partial charge in [-0.25, -0.2) is 0 Å². The third kappa shape index (κ3) is 1.40. The van der Waals surface area contributed by atoms with E-state index in [1.54, 1.807) is 6.07 Å². The van der Waals surface area contributed by atoms with Crippen LogP contribution in [0.3, 0.4) is 0 Å². The average molecular weight is 211 g/mol. The van der Waals surface area contributed by atoms with Gasteiger partial charge in [0, 0.05) is 10.4 Å². The van der Waals surface area contributed by atoms with Gasteiger partial charge in [-0.3, -0.25) is 4.79 Å². The van der Waals surface area contributed by atoms with Crippen LogP contribution in [0.15, 0.2) is 24.3 Å². The van der Waals surface area contributed by atoms with E-state index in [2.05, 4.69) is 0 Å². The lowest BCUT2D eigenvalue weighted by Gasteiger charge is -2.10. The number of carboxylic acids is 1. The van der Waals surface area contributed by atoms with Crippen molar-refractivity contribution in [3.8, 4) is 0 Å². The molecule has 1 saturated carbocycles. The van der Waals surface area contributed by atoms with Gasteiger partial charge in [0.2, 0.25) is 0 Å². The van der Waals surface area contributed by atoms with Crippen LogP contribution in [-0.4, -0.2) is 11.1 Å². The van der Waals surface area contributed by atoms with Crippen molar-refractivity contribution in [2.24, 2.45) is 5.92 Å². The summed E-state index contributed by atoms with van der Waals surface area (Å²) in [6.07, 6.45) is 0.711. The Hall–Kier alpha value is -1.02. The van der Waals surface area contributed by atoms with Crippen LogP contribution in [-0.2, 0) is 10.2 Å². The van der Waals surface area contributed by atoms with E-state index in [0.29, 0.717) is 11.4 Å². The summed E-state index contributed by atoms with van der Waals surface area (Å²) in [6.45, 7) is 1.97. The molecule has 0 heterocycles. The van der Waals surface area contributed by atoms with Crippen LogP contribution in [0.2, 0.25) is 5.02 Å². The van der Waals surface area contributed by atoms with Crippen molar-refractivity contribution in [2.75, 3.05) is 0 Å². The zero-order chi connectivity index (χ0) is 10.3. The smallest absolute Gasteiger partial charge is 0.307 e.